The molecule has 0 aromatic heterocycles. The molecule has 5 heteroatoms. The van der Waals surface area contributed by atoms with Gasteiger partial charge in [0.25, 0.3) is 0 Å². The van der Waals surface area contributed by atoms with Gasteiger partial charge in [-0.25, -0.2) is 0 Å². The maximum Gasteiger partial charge on any atom is 0.248 e. The van der Waals surface area contributed by atoms with Crippen molar-refractivity contribution in [2.45, 2.75) is 26.7 Å². The number of amides is 1. The number of carbonyl (C=O) groups excluding carboxylic acids is 1. The van der Waals surface area contributed by atoms with Gasteiger partial charge >= 0.3 is 0 Å². The maximum absolute atomic E-state index is 11.7. The summed E-state index contributed by atoms with van der Waals surface area (Å²) in [4.78, 5) is 13.5. The fraction of sp³-hybridized carbons (Fsp3) is 0.818. The van der Waals surface area contributed by atoms with E-state index in [1.807, 2.05) is 13.8 Å². The van der Waals surface area contributed by atoms with Gasteiger partial charge in [-0.05, 0) is 6.42 Å². The quantitative estimate of drug-likeness (QED) is 0.445. The summed E-state index contributed by atoms with van der Waals surface area (Å²) in [5, 5.41) is 12.0. The van der Waals surface area contributed by atoms with Crippen molar-refractivity contribution < 1.29 is 14.7 Å². The lowest BCUT2D eigenvalue weighted by Gasteiger charge is -2.31. The van der Waals surface area contributed by atoms with Crippen LogP contribution in [0, 0.1) is 5.92 Å². The van der Waals surface area contributed by atoms with Gasteiger partial charge in [0.05, 0.1) is 5.71 Å². The van der Waals surface area contributed by atoms with E-state index in [2.05, 4.69) is 5.16 Å². The third-order valence-electron chi connectivity index (χ3n) is 2.76. The van der Waals surface area contributed by atoms with Crippen LogP contribution in [0.1, 0.15) is 26.7 Å². The molecule has 1 rings (SSSR count). The molecule has 0 aromatic carbocycles. The summed E-state index contributed by atoms with van der Waals surface area (Å²) in [6.07, 6.45) is 1.57. The molecular weight excluding hydrogens is 208 g/mol. The number of carbonyl (C=O) groups is 1. The van der Waals surface area contributed by atoms with Gasteiger partial charge in [0, 0.05) is 32.0 Å². The molecule has 1 aliphatic heterocycles. The molecule has 1 amide bonds. The second-order valence-electron chi connectivity index (χ2n) is 4.13. The lowest BCUT2D eigenvalue weighted by Crippen LogP contribution is -2.44. The van der Waals surface area contributed by atoms with Gasteiger partial charge in [-0.1, -0.05) is 19.0 Å². The van der Waals surface area contributed by atoms with Crippen molar-refractivity contribution in [3.63, 3.8) is 0 Å². The summed E-state index contributed by atoms with van der Waals surface area (Å²) < 4.78 is 5.22. The van der Waals surface area contributed by atoms with Gasteiger partial charge in [-0.2, -0.15) is 0 Å². The number of likely N-dealkylation sites (tertiary alicyclic amines) is 1. The van der Waals surface area contributed by atoms with Crippen LogP contribution >= 0.6 is 0 Å². The van der Waals surface area contributed by atoms with E-state index in [0.29, 0.717) is 26.1 Å². The molecule has 92 valence electrons. The van der Waals surface area contributed by atoms with Crippen LogP contribution in [0.3, 0.4) is 0 Å². The lowest BCUT2D eigenvalue weighted by molar-refractivity contribution is -0.136. The zero-order chi connectivity index (χ0) is 12.0. The van der Waals surface area contributed by atoms with E-state index in [1.165, 1.54) is 0 Å². The Bertz CT molecular complexity index is 266. The van der Waals surface area contributed by atoms with Gasteiger partial charge < -0.3 is 14.8 Å². The Morgan fingerprint density at radius 3 is 3.00 bits per heavy atom. The number of oxime groups is 1. The van der Waals surface area contributed by atoms with E-state index in [1.54, 1.807) is 4.90 Å². The first-order chi connectivity index (χ1) is 7.69. The van der Waals surface area contributed by atoms with E-state index < -0.39 is 0 Å². The SMILES string of the molecule is CCCOCC(=O)N1CCC(=NO)C(C)C1. The molecule has 0 aromatic rings. The van der Waals surface area contributed by atoms with Crippen molar-refractivity contribution in [2.75, 3.05) is 26.3 Å². The molecular formula is C11H20N2O3. The normalized spacial score (nSPS) is 23.8. The highest BCUT2D eigenvalue weighted by molar-refractivity contribution is 5.89. The molecule has 0 radical (unpaired) electrons. The van der Waals surface area contributed by atoms with Gasteiger partial charge in [0.1, 0.15) is 6.61 Å². The average Bonchev–Trinajstić information content (AvgIpc) is 2.29. The third-order valence-corrected chi connectivity index (χ3v) is 2.76. The summed E-state index contributed by atoms with van der Waals surface area (Å²) in [7, 11) is 0. The molecule has 1 aliphatic rings. The predicted octanol–water partition coefficient (Wildman–Crippen LogP) is 1.11. The standard InChI is InChI=1S/C11H20N2O3/c1-3-6-16-8-11(14)13-5-4-10(12-15)9(2)7-13/h9,15H,3-8H2,1-2H3. The fourth-order valence-corrected chi connectivity index (χ4v) is 1.79. The monoisotopic (exact) mass is 228 g/mol. The molecule has 0 aliphatic carbocycles. The molecule has 1 saturated heterocycles. The molecule has 0 bridgehead atoms. The van der Waals surface area contributed by atoms with Gasteiger partial charge in [0.2, 0.25) is 5.91 Å². The van der Waals surface area contributed by atoms with Crippen LogP contribution in [-0.4, -0.2) is 48.0 Å². The number of rotatable bonds is 4. The fourth-order valence-electron chi connectivity index (χ4n) is 1.79. The van der Waals surface area contributed by atoms with Crippen molar-refractivity contribution in [1.29, 1.82) is 0 Å². The second kappa shape index (κ2) is 6.48. The van der Waals surface area contributed by atoms with Crippen LogP contribution in [-0.2, 0) is 9.53 Å². The van der Waals surface area contributed by atoms with Crippen LogP contribution in [0.15, 0.2) is 5.16 Å². The minimum atomic E-state index is 0.0253. The van der Waals surface area contributed by atoms with Crippen molar-refractivity contribution in [3.05, 3.63) is 0 Å². The third kappa shape index (κ3) is 3.48. The number of piperidine rings is 1. The molecule has 16 heavy (non-hydrogen) atoms. The molecule has 1 fully saturated rings. The topological polar surface area (TPSA) is 62.1 Å². The second-order valence-corrected chi connectivity index (χ2v) is 4.13. The highest BCUT2D eigenvalue weighted by Gasteiger charge is 2.25. The van der Waals surface area contributed by atoms with E-state index >= 15 is 0 Å². The molecule has 1 N–H and O–H groups in total. The Labute approximate surface area is 96.1 Å². The van der Waals surface area contributed by atoms with Crippen LogP contribution in [0.4, 0.5) is 0 Å². The van der Waals surface area contributed by atoms with Crippen LogP contribution in [0.2, 0.25) is 0 Å². The molecule has 0 saturated carbocycles. The van der Waals surface area contributed by atoms with Crippen LogP contribution < -0.4 is 0 Å². The minimum absolute atomic E-state index is 0.0253. The Hall–Kier alpha value is -1.10. The van der Waals surface area contributed by atoms with Crippen LogP contribution in [0.5, 0.6) is 0 Å². The summed E-state index contributed by atoms with van der Waals surface area (Å²) in [5.41, 5.74) is 0.776. The Morgan fingerprint density at radius 1 is 1.69 bits per heavy atom. The van der Waals surface area contributed by atoms with Gasteiger partial charge in [-0.3, -0.25) is 4.79 Å². The Kier molecular flexibility index (Phi) is 5.25. The predicted molar refractivity (Wildman–Crippen MR) is 60.7 cm³/mol. The first-order valence-corrected chi connectivity index (χ1v) is 5.75. The highest BCUT2D eigenvalue weighted by Crippen LogP contribution is 2.13. The van der Waals surface area contributed by atoms with E-state index in [-0.39, 0.29) is 18.4 Å². The van der Waals surface area contributed by atoms with Gasteiger partial charge in [-0.15, -0.1) is 0 Å². The first kappa shape index (κ1) is 13.0. The van der Waals surface area contributed by atoms with Gasteiger partial charge in [0.15, 0.2) is 0 Å². The summed E-state index contributed by atoms with van der Waals surface area (Å²) in [6, 6.07) is 0. The van der Waals surface area contributed by atoms with E-state index in [0.717, 1.165) is 12.1 Å². The molecule has 5 nitrogen and oxygen atoms in total. The maximum atomic E-state index is 11.7. The largest absolute Gasteiger partial charge is 0.411 e. The minimum Gasteiger partial charge on any atom is -0.411 e. The molecule has 1 atom stereocenters. The molecule has 1 heterocycles. The average molecular weight is 228 g/mol. The van der Waals surface area contributed by atoms with Crippen molar-refractivity contribution >= 4 is 11.6 Å². The van der Waals surface area contributed by atoms with Crippen LogP contribution in [0.25, 0.3) is 0 Å². The Balaban J connectivity index is 2.36. The van der Waals surface area contributed by atoms with Crippen molar-refractivity contribution in [2.24, 2.45) is 11.1 Å². The number of hydrogen-bond donors (Lipinski definition) is 1. The summed E-state index contributed by atoms with van der Waals surface area (Å²) >= 11 is 0. The lowest BCUT2D eigenvalue weighted by atomic mass is 9.98. The van der Waals surface area contributed by atoms with Crippen molar-refractivity contribution in [3.8, 4) is 0 Å². The summed E-state index contributed by atoms with van der Waals surface area (Å²) in [6.45, 7) is 6.00. The van der Waals surface area contributed by atoms with Crippen molar-refractivity contribution in [1.82, 2.24) is 4.90 Å². The van der Waals surface area contributed by atoms with E-state index in [9.17, 15) is 4.79 Å². The molecule has 1 unspecified atom stereocenters. The number of nitrogens with zero attached hydrogens (tertiary/aromatic N) is 2. The van der Waals surface area contributed by atoms with E-state index in [4.69, 9.17) is 9.94 Å². The first-order valence-electron chi connectivity index (χ1n) is 5.75. The molecule has 0 spiro atoms. The number of hydrogen-bond acceptors (Lipinski definition) is 4. The highest BCUT2D eigenvalue weighted by atomic mass is 16.5. The zero-order valence-electron chi connectivity index (χ0n) is 9.98. The summed E-state index contributed by atoms with van der Waals surface area (Å²) in [5.74, 6) is 0.158. The Morgan fingerprint density at radius 2 is 2.44 bits per heavy atom. The smallest absolute Gasteiger partial charge is 0.248 e. The number of ether oxygens (including phenoxy) is 1. The zero-order valence-corrected chi connectivity index (χ0v) is 9.98.